The summed E-state index contributed by atoms with van der Waals surface area (Å²) >= 11 is 1.43. The number of thioether (sulfide) groups is 1. The lowest BCUT2D eigenvalue weighted by Gasteiger charge is -2.15. The molecule has 3 aromatic rings. The molecular weight excluding hydrogens is 374 g/mol. The Morgan fingerprint density at radius 2 is 1.89 bits per heavy atom. The molecule has 7 heteroatoms. The maximum atomic E-state index is 12.2. The Kier molecular flexibility index (Phi) is 5.62. The number of fused-ring (bicyclic) bond motifs is 1. The fourth-order valence-electron chi connectivity index (χ4n) is 3.23. The van der Waals surface area contributed by atoms with Crippen LogP contribution < -0.4 is 10.1 Å². The van der Waals surface area contributed by atoms with Crippen molar-refractivity contribution in [2.75, 3.05) is 18.2 Å². The summed E-state index contributed by atoms with van der Waals surface area (Å²) in [5.41, 5.74) is 3.64. The van der Waals surface area contributed by atoms with Gasteiger partial charge in [-0.05, 0) is 73.2 Å². The number of rotatable bonds is 6. The van der Waals surface area contributed by atoms with Gasteiger partial charge in [0.1, 0.15) is 5.75 Å². The van der Waals surface area contributed by atoms with E-state index in [9.17, 15) is 4.79 Å². The van der Waals surface area contributed by atoms with E-state index in [1.807, 2.05) is 30.3 Å². The van der Waals surface area contributed by atoms with Crippen LogP contribution >= 0.6 is 11.8 Å². The summed E-state index contributed by atoms with van der Waals surface area (Å²) < 4.78 is 10.8. The first-order valence-corrected chi connectivity index (χ1v) is 10.2. The number of methoxy groups -OCH3 is 1. The van der Waals surface area contributed by atoms with E-state index >= 15 is 0 Å². The average Bonchev–Trinajstić information content (AvgIpc) is 3.20. The van der Waals surface area contributed by atoms with Gasteiger partial charge in [-0.3, -0.25) is 10.1 Å². The molecule has 4 rings (SSSR count). The molecule has 1 heterocycles. The minimum Gasteiger partial charge on any atom is -0.497 e. The Morgan fingerprint density at radius 1 is 1.11 bits per heavy atom. The molecule has 0 aliphatic heterocycles. The lowest BCUT2D eigenvalue weighted by Crippen LogP contribution is -2.14. The number of benzene rings is 2. The summed E-state index contributed by atoms with van der Waals surface area (Å²) in [5.74, 6) is 1.27. The number of hydrogen-bond acceptors (Lipinski definition) is 6. The van der Waals surface area contributed by atoms with Gasteiger partial charge in [0.05, 0.1) is 12.9 Å². The van der Waals surface area contributed by atoms with Gasteiger partial charge in [0.25, 0.3) is 0 Å². The van der Waals surface area contributed by atoms with Crippen LogP contribution in [0.2, 0.25) is 0 Å². The van der Waals surface area contributed by atoms with Gasteiger partial charge in [-0.1, -0.05) is 11.2 Å². The third-order valence-corrected chi connectivity index (χ3v) is 5.71. The molecule has 0 saturated heterocycles. The van der Waals surface area contributed by atoms with E-state index in [1.54, 1.807) is 7.11 Å². The number of amides is 1. The predicted molar refractivity (Wildman–Crippen MR) is 109 cm³/mol. The van der Waals surface area contributed by atoms with Gasteiger partial charge in [-0.15, -0.1) is 16.9 Å². The third-order valence-electron chi connectivity index (χ3n) is 4.70. The van der Waals surface area contributed by atoms with Crippen LogP contribution in [-0.4, -0.2) is 29.0 Å². The summed E-state index contributed by atoms with van der Waals surface area (Å²) in [4.78, 5) is 13.1. The van der Waals surface area contributed by atoms with Gasteiger partial charge in [0.2, 0.25) is 11.8 Å². The van der Waals surface area contributed by atoms with E-state index in [4.69, 9.17) is 9.15 Å². The fraction of sp³-hybridized carbons (Fsp3) is 0.286. The predicted octanol–water partition coefficient (Wildman–Crippen LogP) is 4.35. The molecule has 144 valence electrons. The standard InChI is InChI=1S/C21H21N3O3S/c1-26-17-8-10-18(11-9-17)28-13-19(25)22-21-24-23-20(27-21)16-7-6-14-4-2-3-5-15(14)12-16/h6-12H,2-5,13H2,1H3,(H,22,24,25). The second-order valence-corrected chi connectivity index (χ2v) is 7.66. The van der Waals surface area contributed by atoms with Crippen molar-refractivity contribution >= 4 is 23.7 Å². The van der Waals surface area contributed by atoms with Gasteiger partial charge in [-0.2, -0.15) is 0 Å². The number of aromatic nitrogens is 2. The van der Waals surface area contributed by atoms with Crippen LogP contribution in [0, 0.1) is 0 Å². The number of carbonyl (C=O) groups is 1. The fourth-order valence-corrected chi connectivity index (χ4v) is 3.93. The zero-order valence-electron chi connectivity index (χ0n) is 15.6. The first-order chi connectivity index (χ1) is 13.7. The molecule has 0 unspecified atom stereocenters. The largest absolute Gasteiger partial charge is 0.497 e. The van der Waals surface area contributed by atoms with E-state index < -0.39 is 0 Å². The lowest BCUT2D eigenvalue weighted by molar-refractivity contribution is -0.113. The summed E-state index contributed by atoms with van der Waals surface area (Å²) in [6, 6.07) is 13.9. The molecule has 1 aliphatic carbocycles. The van der Waals surface area contributed by atoms with Crippen molar-refractivity contribution in [3.05, 3.63) is 53.6 Å². The van der Waals surface area contributed by atoms with E-state index in [2.05, 4.69) is 27.6 Å². The van der Waals surface area contributed by atoms with Crippen molar-refractivity contribution in [1.82, 2.24) is 10.2 Å². The summed E-state index contributed by atoms with van der Waals surface area (Å²) in [6.07, 6.45) is 4.68. The highest BCUT2D eigenvalue weighted by molar-refractivity contribution is 8.00. The second kappa shape index (κ2) is 8.48. The van der Waals surface area contributed by atoms with Crippen LogP contribution in [0.3, 0.4) is 0 Å². The van der Waals surface area contributed by atoms with Crippen LogP contribution in [0.5, 0.6) is 5.75 Å². The van der Waals surface area contributed by atoms with Crippen LogP contribution in [0.1, 0.15) is 24.0 Å². The van der Waals surface area contributed by atoms with Gasteiger partial charge < -0.3 is 9.15 Å². The number of aryl methyl sites for hydroxylation is 2. The van der Waals surface area contributed by atoms with Crippen molar-refractivity contribution in [1.29, 1.82) is 0 Å². The topological polar surface area (TPSA) is 77.2 Å². The molecule has 2 aromatic carbocycles. The van der Waals surface area contributed by atoms with E-state index in [1.165, 1.54) is 35.7 Å². The molecule has 0 saturated carbocycles. The molecule has 0 fully saturated rings. The lowest BCUT2D eigenvalue weighted by atomic mass is 9.90. The number of ether oxygens (including phenoxy) is 1. The highest BCUT2D eigenvalue weighted by Gasteiger charge is 2.15. The Morgan fingerprint density at radius 3 is 2.68 bits per heavy atom. The van der Waals surface area contributed by atoms with E-state index in [0.29, 0.717) is 5.89 Å². The van der Waals surface area contributed by atoms with Crippen molar-refractivity contribution in [2.45, 2.75) is 30.6 Å². The normalized spacial score (nSPS) is 13.0. The molecule has 0 radical (unpaired) electrons. The van der Waals surface area contributed by atoms with Crippen molar-refractivity contribution in [3.8, 4) is 17.2 Å². The molecule has 28 heavy (non-hydrogen) atoms. The van der Waals surface area contributed by atoms with Crippen LogP contribution in [0.15, 0.2) is 51.8 Å². The van der Waals surface area contributed by atoms with Crippen molar-refractivity contribution in [3.63, 3.8) is 0 Å². The molecule has 1 amide bonds. The summed E-state index contributed by atoms with van der Waals surface area (Å²) in [5, 5.41) is 10.7. The quantitative estimate of drug-likeness (QED) is 0.625. The van der Waals surface area contributed by atoms with Gasteiger partial charge in [-0.25, -0.2) is 0 Å². The maximum absolute atomic E-state index is 12.2. The van der Waals surface area contributed by atoms with Gasteiger partial charge in [0.15, 0.2) is 0 Å². The minimum absolute atomic E-state index is 0.119. The Hall–Kier alpha value is -2.80. The third kappa shape index (κ3) is 4.36. The molecule has 0 spiro atoms. The van der Waals surface area contributed by atoms with Crippen LogP contribution in [-0.2, 0) is 17.6 Å². The van der Waals surface area contributed by atoms with E-state index in [0.717, 1.165) is 29.1 Å². The van der Waals surface area contributed by atoms with Crippen LogP contribution in [0.4, 0.5) is 6.01 Å². The highest BCUT2D eigenvalue weighted by Crippen LogP contribution is 2.27. The number of anilines is 1. The van der Waals surface area contributed by atoms with Crippen molar-refractivity contribution < 1.29 is 13.9 Å². The van der Waals surface area contributed by atoms with Crippen molar-refractivity contribution in [2.24, 2.45) is 0 Å². The minimum atomic E-state index is -0.193. The molecule has 6 nitrogen and oxygen atoms in total. The second-order valence-electron chi connectivity index (χ2n) is 6.62. The number of nitrogens with one attached hydrogen (secondary N) is 1. The zero-order chi connectivity index (χ0) is 19.3. The Bertz CT molecular complexity index is 969. The van der Waals surface area contributed by atoms with E-state index in [-0.39, 0.29) is 17.7 Å². The Labute approximate surface area is 167 Å². The van der Waals surface area contributed by atoms with Crippen LogP contribution in [0.25, 0.3) is 11.5 Å². The first-order valence-electron chi connectivity index (χ1n) is 9.23. The molecule has 1 aromatic heterocycles. The molecule has 0 atom stereocenters. The maximum Gasteiger partial charge on any atom is 0.322 e. The molecule has 1 aliphatic rings. The smallest absolute Gasteiger partial charge is 0.322 e. The Balaban J connectivity index is 1.35. The highest BCUT2D eigenvalue weighted by atomic mass is 32.2. The summed E-state index contributed by atoms with van der Waals surface area (Å²) in [6.45, 7) is 0. The van der Waals surface area contributed by atoms with Gasteiger partial charge in [0, 0.05) is 10.5 Å². The number of hydrogen-bond donors (Lipinski definition) is 1. The molecule has 0 bridgehead atoms. The van der Waals surface area contributed by atoms with Gasteiger partial charge >= 0.3 is 6.01 Å². The zero-order valence-corrected chi connectivity index (χ0v) is 16.4. The average molecular weight is 395 g/mol. The summed E-state index contributed by atoms with van der Waals surface area (Å²) in [7, 11) is 1.62. The number of carbonyl (C=O) groups excluding carboxylic acids is 1. The molecular formula is C21H21N3O3S. The number of nitrogens with zero attached hydrogens (tertiary/aromatic N) is 2. The first kappa shape index (κ1) is 18.6. The SMILES string of the molecule is COc1ccc(SCC(=O)Nc2nnc(-c3ccc4c(c3)CCCC4)o2)cc1. The monoisotopic (exact) mass is 395 g/mol. The molecule has 1 N–H and O–H groups in total.